The van der Waals surface area contributed by atoms with Gasteiger partial charge in [-0.15, -0.1) is 0 Å². The first-order chi connectivity index (χ1) is 15.2. The van der Waals surface area contributed by atoms with E-state index >= 15 is 0 Å². The Morgan fingerprint density at radius 1 is 1.16 bits per heavy atom. The van der Waals surface area contributed by atoms with Gasteiger partial charge in [0, 0.05) is 25.0 Å². The molecule has 2 heterocycles. The van der Waals surface area contributed by atoms with Crippen LogP contribution in [0.15, 0.2) is 65.8 Å². The molecule has 164 valence electrons. The average Bonchev–Trinajstić information content (AvgIpc) is 3.12. The minimum Gasteiger partial charge on any atom is -0.478 e. The van der Waals surface area contributed by atoms with E-state index < -0.39 is 17.0 Å². The third-order valence-electron chi connectivity index (χ3n) is 5.11. The number of carbonyl (C=O) groups is 1. The summed E-state index contributed by atoms with van der Waals surface area (Å²) in [5.74, 6) is -0.717. The van der Waals surface area contributed by atoms with E-state index in [4.69, 9.17) is 23.2 Å². The summed E-state index contributed by atoms with van der Waals surface area (Å²) in [5.41, 5.74) is 2.73. The molecule has 0 bridgehead atoms. The maximum Gasteiger partial charge on any atom is 0.335 e. The first-order valence-corrected chi connectivity index (χ1v) is 11.5. The SMILES string of the molecule is Cc1cc(C(=O)O)ccc1S(=O)N(Cc1ccc2c(ccn2C)c1)c1ncc(Cl)cc1Cl. The van der Waals surface area contributed by atoms with Crippen molar-refractivity contribution in [2.45, 2.75) is 18.4 Å². The zero-order chi connectivity index (χ0) is 23.0. The van der Waals surface area contributed by atoms with Crippen LogP contribution >= 0.6 is 23.2 Å². The van der Waals surface area contributed by atoms with Crippen LogP contribution in [0.2, 0.25) is 10.0 Å². The molecule has 9 heteroatoms. The largest absolute Gasteiger partial charge is 0.478 e. The van der Waals surface area contributed by atoms with Gasteiger partial charge in [0.2, 0.25) is 0 Å². The molecular weight excluding hydrogens is 469 g/mol. The van der Waals surface area contributed by atoms with Crippen molar-refractivity contribution >= 4 is 56.9 Å². The number of aryl methyl sites for hydroxylation is 2. The normalized spacial score (nSPS) is 12.1. The zero-order valence-corrected chi connectivity index (χ0v) is 19.6. The van der Waals surface area contributed by atoms with Gasteiger partial charge in [-0.25, -0.2) is 14.0 Å². The Balaban J connectivity index is 1.78. The number of aromatic nitrogens is 2. The van der Waals surface area contributed by atoms with Crippen molar-refractivity contribution in [3.8, 4) is 0 Å². The third kappa shape index (κ3) is 4.37. The van der Waals surface area contributed by atoms with E-state index in [1.807, 2.05) is 42.1 Å². The first kappa shape index (κ1) is 22.3. The Labute approximate surface area is 197 Å². The molecule has 0 aliphatic rings. The molecule has 0 saturated heterocycles. The number of halogens is 2. The molecule has 0 spiro atoms. The Morgan fingerprint density at radius 2 is 1.94 bits per heavy atom. The lowest BCUT2D eigenvalue weighted by Gasteiger charge is -2.24. The van der Waals surface area contributed by atoms with Crippen molar-refractivity contribution in [3.05, 3.63) is 87.7 Å². The lowest BCUT2D eigenvalue weighted by atomic mass is 10.1. The van der Waals surface area contributed by atoms with E-state index in [-0.39, 0.29) is 17.1 Å². The van der Waals surface area contributed by atoms with Gasteiger partial charge in [-0.2, -0.15) is 0 Å². The van der Waals surface area contributed by atoms with E-state index in [2.05, 4.69) is 4.98 Å². The van der Waals surface area contributed by atoms with E-state index in [9.17, 15) is 14.1 Å². The second kappa shape index (κ2) is 8.94. The van der Waals surface area contributed by atoms with Gasteiger partial charge in [-0.3, -0.25) is 4.31 Å². The molecule has 2 aromatic heterocycles. The summed E-state index contributed by atoms with van der Waals surface area (Å²) in [6, 6.07) is 14.1. The van der Waals surface area contributed by atoms with Crippen LogP contribution in [0.1, 0.15) is 21.5 Å². The summed E-state index contributed by atoms with van der Waals surface area (Å²) in [4.78, 5) is 16.1. The van der Waals surface area contributed by atoms with Crippen molar-refractivity contribution in [2.75, 3.05) is 4.31 Å². The van der Waals surface area contributed by atoms with Crippen molar-refractivity contribution in [1.29, 1.82) is 0 Å². The lowest BCUT2D eigenvalue weighted by Crippen LogP contribution is -2.27. The monoisotopic (exact) mass is 487 g/mol. The van der Waals surface area contributed by atoms with Crippen molar-refractivity contribution < 1.29 is 14.1 Å². The van der Waals surface area contributed by atoms with Crippen LogP contribution in [0.5, 0.6) is 0 Å². The van der Waals surface area contributed by atoms with Gasteiger partial charge in [-0.05, 0) is 65.9 Å². The Kier molecular flexibility index (Phi) is 6.24. The quantitative estimate of drug-likeness (QED) is 0.383. The summed E-state index contributed by atoms with van der Waals surface area (Å²) in [6.45, 7) is 2.00. The minimum absolute atomic E-state index is 0.131. The smallest absolute Gasteiger partial charge is 0.335 e. The summed E-state index contributed by atoms with van der Waals surface area (Å²) in [6.07, 6.45) is 3.43. The highest BCUT2D eigenvalue weighted by atomic mass is 35.5. The molecule has 0 aliphatic carbocycles. The minimum atomic E-state index is -1.71. The number of benzene rings is 2. The lowest BCUT2D eigenvalue weighted by molar-refractivity contribution is 0.0696. The molecule has 2 aromatic carbocycles. The molecule has 0 saturated carbocycles. The van der Waals surface area contributed by atoms with Gasteiger partial charge in [-0.1, -0.05) is 29.3 Å². The number of fused-ring (bicyclic) bond motifs is 1. The van der Waals surface area contributed by atoms with E-state index in [1.54, 1.807) is 23.4 Å². The Hall–Kier alpha value is -2.87. The maximum atomic E-state index is 13.7. The highest BCUT2D eigenvalue weighted by Gasteiger charge is 2.23. The molecule has 1 unspecified atom stereocenters. The van der Waals surface area contributed by atoms with Crippen LogP contribution in [0.3, 0.4) is 0 Å². The summed E-state index contributed by atoms with van der Waals surface area (Å²) in [5, 5.41) is 10.9. The Bertz CT molecular complexity index is 1370. The molecule has 1 atom stereocenters. The van der Waals surface area contributed by atoms with Gasteiger partial charge in [0.15, 0.2) is 16.8 Å². The topological polar surface area (TPSA) is 75.4 Å². The summed E-state index contributed by atoms with van der Waals surface area (Å²) < 4.78 is 17.3. The maximum absolute atomic E-state index is 13.7. The van der Waals surface area contributed by atoms with Crippen LogP contribution in [-0.4, -0.2) is 24.8 Å². The van der Waals surface area contributed by atoms with Gasteiger partial charge in [0.05, 0.1) is 27.0 Å². The highest BCUT2D eigenvalue weighted by molar-refractivity contribution is 7.86. The predicted octanol–water partition coefficient (Wildman–Crippen LogP) is 5.62. The van der Waals surface area contributed by atoms with Crippen LogP contribution < -0.4 is 4.31 Å². The number of anilines is 1. The van der Waals surface area contributed by atoms with E-state index in [1.165, 1.54) is 18.3 Å². The van der Waals surface area contributed by atoms with Crippen molar-refractivity contribution in [1.82, 2.24) is 9.55 Å². The van der Waals surface area contributed by atoms with Crippen LogP contribution in [0.4, 0.5) is 5.82 Å². The first-order valence-electron chi connectivity index (χ1n) is 9.63. The van der Waals surface area contributed by atoms with Gasteiger partial charge >= 0.3 is 5.97 Å². The van der Waals surface area contributed by atoms with Gasteiger partial charge in [0.1, 0.15) is 0 Å². The van der Waals surface area contributed by atoms with Crippen LogP contribution in [0.25, 0.3) is 10.9 Å². The molecule has 0 fully saturated rings. The third-order valence-corrected chi connectivity index (χ3v) is 7.13. The Morgan fingerprint density at radius 3 is 2.62 bits per heavy atom. The van der Waals surface area contributed by atoms with Crippen molar-refractivity contribution in [3.63, 3.8) is 0 Å². The van der Waals surface area contributed by atoms with E-state index in [0.29, 0.717) is 21.3 Å². The van der Waals surface area contributed by atoms with Gasteiger partial charge < -0.3 is 9.67 Å². The fourth-order valence-electron chi connectivity index (χ4n) is 3.50. The zero-order valence-electron chi connectivity index (χ0n) is 17.3. The van der Waals surface area contributed by atoms with Gasteiger partial charge in [0.25, 0.3) is 0 Å². The number of hydrogen-bond donors (Lipinski definition) is 1. The number of pyridine rings is 1. The second-order valence-corrected chi connectivity index (χ2v) is 9.57. The molecule has 32 heavy (non-hydrogen) atoms. The molecule has 0 radical (unpaired) electrons. The second-order valence-electron chi connectivity index (χ2n) is 7.35. The van der Waals surface area contributed by atoms with E-state index in [0.717, 1.165) is 16.5 Å². The van der Waals surface area contributed by atoms with Crippen LogP contribution in [0, 0.1) is 6.92 Å². The van der Waals surface area contributed by atoms with Crippen LogP contribution in [-0.2, 0) is 24.6 Å². The number of nitrogens with zero attached hydrogens (tertiary/aromatic N) is 3. The molecule has 0 amide bonds. The predicted molar refractivity (Wildman–Crippen MR) is 128 cm³/mol. The fourth-order valence-corrected chi connectivity index (χ4v) is 5.35. The standard InChI is InChI=1S/C23H19Cl2N3O3S/c1-14-9-17(23(29)30)4-6-21(14)32(31)28(22-19(25)11-18(24)12-26-22)13-15-3-5-20-16(10-15)7-8-27(20)2/h3-12H,13H2,1-2H3,(H,29,30). The summed E-state index contributed by atoms with van der Waals surface area (Å²) >= 11 is 12.4. The molecule has 1 N–H and O–H groups in total. The fraction of sp³-hybridized carbons (Fsp3) is 0.130. The molecule has 6 nitrogen and oxygen atoms in total. The highest BCUT2D eigenvalue weighted by Crippen LogP contribution is 2.31. The molecular formula is C23H19Cl2N3O3S. The molecule has 0 aliphatic heterocycles. The number of rotatable bonds is 6. The number of carboxylic acid groups (broad SMARTS) is 1. The average molecular weight is 488 g/mol. The molecule has 4 rings (SSSR count). The number of carboxylic acids is 1. The number of hydrogen-bond acceptors (Lipinski definition) is 3. The number of aromatic carboxylic acids is 1. The van der Waals surface area contributed by atoms with Crippen molar-refractivity contribution in [2.24, 2.45) is 7.05 Å². The molecule has 4 aromatic rings. The summed E-state index contributed by atoms with van der Waals surface area (Å²) in [7, 11) is 0.271.